The minimum atomic E-state index is 0. The lowest BCUT2D eigenvalue weighted by atomic mass is 10.1. The van der Waals surface area contributed by atoms with Crippen molar-refractivity contribution >= 4 is 46.1 Å². The Morgan fingerprint density at radius 1 is 0.794 bits per heavy atom. The fourth-order valence-electron chi connectivity index (χ4n) is 3.52. The second-order valence-corrected chi connectivity index (χ2v) is 8.20. The number of benzene rings is 3. The van der Waals surface area contributed by atoms with Crippen LogP contribution in [0.3, 0.4) is 0 Å². The van der Waals surface area contributed by atoms with Crippen LogP contribution in [0.25, 0.3) is 10.9 Å². The average Bonchev–Trinajstić information content (AvgIpc) is 2.80. The highest BCUT2D eigenvalue weighted by Crippen LogP contribution is 2.36. The first-order valence-corrected chi connectivity index (χ1v) is 10.7. The molecule has 1 heterocycles. The first-order chi connectivity index (χ1) is 15.9. The predicted octanol–water partition coefficient (Wildman–Crippen LogP) is 7.87. The zero-order valence-electron chi connectivity index (χ0n) is 19.6. The second kappa shape index (κ2) is 11.0. The van der Waals surface area contributed by atoms with E-state index in [-0.39, 0.29) is 18.2 Å². The fourth-order valence-corrected chi connectivity index (χ4v) is 3.52. The van der Waals surface area contributed by atoms with Crippen LogP contribution < -0.4 is 0 Å². The second-order valence-electron chi connectivity index (χ2n) is 8.20. The Morgan fingerprint density at radius 3 is 2.24 bits per heavy atom. The molecule has 0 aliphatic heterocycles. The van der Waals surface area contributed by atoms with Crippen LogP contribution in [0, 0.1) is 13.8 Å². The molecule has 4 rings (SSSR count). The summed E-state index contributed by atoms with van der Waals surface area (Å²) < 4.78 is 0. The van der Waals surface area contributed by atoms with E-state index in [1.54, 1.807) is 6.20 Å². The van der Waals surface area contributed by atoms with Crippen LogP contribution in [0.2, 0.25) is 0 Å². The molecule has 4 aromatic rings. The van der Waals surface area contributed by atoms with Crippen molar-refractivity contribution in [3.63, 3.8) is 0 Å². The molecule has 3 aromatic carbocycles. The average molecular weight is 475 g/mol. The van der Waals surface area contributed by atoms with Crippen LogP contribution >= 0.6 is 12.4 Å². The molecule has 0 bridgehead atoms. The number of aromatic nitrogens is 1. The molecule has 174 valence electrons. The molecule has 0 saturated carbocycles. The molecule has 7 nitrogen and oxygen atoms in total. The van der Waals surface area contributed by atoms with Gasteiger partial charge in [-0.2, -0.15) is 15.3 Å². The summed E-state index contributed by atoms with van der Waals surface area (Å²) in [5.41, 5.74) is 6.29. The van der Waals surface area contributed by atoms with Gasteiger partial charge in [0.05, 0.1) is 22.7 Å². The maximum absolute atomic E-state index is 10.7. The van der Waals surface area contributed by atoms with Gasteiger partial charge in [0, 0.05) is 23.7 Å². The molecular weight excluding hydrogens is 448 g/mol. The number of pyridine rings is 1. The minimum absolute atomic E-state index is 0. The number of rotatable bonds is 6. The summed E-state index contributed by atoms with van der Waals surface area (Å²) in [6.45, 7) is 4.55. The number of halogens is 1. The maximum atomic E-state index is 10.7. The molecule has 0 aliphatic carbocycles. The third kappa shape index (κ3) is 5.62. The van der Waals surface area contributed by atoms with Crippen LogP contribution in [0.4, 0.5) is 22.7 Å². The lowest BCUT2D eigenvalue weighted by Crippen LogP contribution is -2.10. The zero-order chi connectivity index (χ0) is 23.4. The number of fused-ring (bicyclic) bond motifs is 1. The molecule has 8 heteroatoms. The van der Waals surface area contributed by atoms with Crippen molar-refractivity contribution in [3.8, 4) is 5.75 Å². The van der Waals surface area contributed by atoms with E-state index in [9.17, 15) is 5.11 Å². The molecule has 0 aliphatic rings. The van der Waals surface area contributed by atoms with Crippen LogP contribution in [0.15, 0.2) is 87.3 Å². The molecule has 0 spiro atoms. The lowest BCUT2D eigenvalue weighted by Gasteiger charge is -2.13. The third-order valence-electron chi connectivity index (χ3n) is 5.24. The van der Waals surface area contributed by atoms with Gasteiger partial charge in [-0.05, 0) is 81.5 Å². The van der Waals surface area contributed by atoms with Gasteiger partial charge in [0.1, 0.15) is 11.3 Å². The number of phenolic OH excluding ortho intramolecular Hbond substituents is 1. The van der Waals surface area contributed by atoms with Crippen molar-refractivity contribution in [1.82, 2.24) is 9.88 Å². The maximum Gasteiger partial charge on any atom is 0.146 e. The van der Waals surface area contributed by atoms with Gasteiger partial charge in [-0.1, -0.05) is 18.2 Å². The molecule has 1 N–H and O–H groups in total. The van der Waals surface area contributed by atoms with Crippen molar-refractivity contribution < 1.29 is 5.11 Å². The molecule has 0 saturated heterocycles. The molecule has 1 aromatic heterocycles. The van der Waals surface area contributed by atoms with Crippen molar-refractivity contribution in [2.24, 2.45) is 20.5 Å². The van der Waals surface area contributed by atoms with E-state index in [0.717, 1.165) is 39.1 Å². The number of aryl methyl sites for hydroxylation is 2. The largest absolute Gasteiger partial charge is 0.505 e. The van der Waals surface area contributed by atoms with Gasteiger partial charge < -0.3 is 10.0 Å². The lowest BCUT2D eigenvalue weighted by molar-refractivity contribution is 0.387. The van der Waals surface area contributed by atoms with E-state index in [1.165, 1.54) is 0 Å². The SMILES string of the molecule is Cc1ccccc1N=Nc1ccc(N=Nc2cc(CN(C)C)c(O)c3ncccc23)c(C)c1.Cl. The van der Waals surface area contributed by atoms with E-state index in [1.807, 2.05) is 93.5 Å². The van der Waals surface area contributed by atoms with Crippen molar-refractivity contribution in [1.29, 1.82) is 0 Å². The van der Waals surface area contributed by atoms with Gasteiger partial charge in [-0.15, -0.1) is 17.5 Å². The van der Waals surface area contributed by atoms with E-state index >= 15 is 0 Å². The Bertz CT molecular complexity index is 1370. The van der Waals surface area contributed by atoms with Crippen LogP contribution in [-0.2, 0) is 6.54 Å². The minimum Gasteiger partial charge on any atom is -0.505 e. The number of azo groups is 2. The Hall–Kier alpha value is -3.68. The quantitative estimate of drug-likeness (QED) is 0.288. The van der Waals surface area contributed by atoms with Crippen LogP contribution in [0.1, 0.15) is 16.7 Å². The summed E-state index contributed by atoms with van der Waals surface area (Å²) in [5, 5.41) is 29.1. The van der Waals surface area contributed by atoms with Gasteiger partial charge in [0.25, 0.3) is 0 Å². The number of nitrogens with zero attached hydrogens (tertiary/aromatic N) is 6. The van der Waals surface area contributed by atoms with Crippen LogP contribution in [-0.4, -0.2) is 29.1 Å². The first kappa shape index (κ1) is 25.0. The van der Waals surface area contributed by atoms with Crippen molar-refractivity contribution in [2.75, 3.05) is 14.1 Å². The Labute approximate surface area is 205 Å². The van der Waals surface area contributed by atoms with Crippen molar-refractivity contribution in [2.45, 2.75) is 20.4 Å². The van der Waals surface area contributed by atoms with Gasteiger partial charge in [0.15, 0.2) is 0 Å². The smallest absolute Gasteiger partial charge is 0.146 e. The molecule has 0 unspecified atom stereocenters. The number of phenols is 1. The molecular formula is C26H27ClN6O. The topological polar surface area (TPSA) is 85.8 Å². The summed E-state index contributed by atoms with van der Waals surface area (Å²) >= 11 is 0. The fraction of sp³-hybridized carbons (Fsp3) is 0.192. The van der Waals surface area contributed by atoms with Gasteiger partial charge in [-0.25, -0.2) is 0 Å². The summed E-state index contributed by atoms with van der Waals surface area (Å²) in [5.74, 6) is 0.179. The predicted molar refractivity (Wildman–Crippen MR) is 139 cm³/mol. The number of aromatic hydroxyl groups is 1. The molecule has 0 radical (unpaired) electrons. The van der Waals surface area contributed by atoms with Crippen molar-refractivity contribution in [3.05, 3.63) is 83.6 Å². The highest BCUT2D eigenvalue weighted by Gasteiger charge is 2.13. The normalized spacial score (nSPS) is 11.6. The highest BCUT2D eigenvalue weighted by atomic mass is 35.5. The van der Waals surface area contributed by atoms with E-state index in [4.69, 9.17) is 0 Å². The standard InChI is InChI=1S/C26H26N6O.ClH/c1-17-8-5-6-10-22(17)29-28-20-11-12-23(18(2)14-20)30-31-24-15-19(16-32(3)4)26(33)25-21(24)9-7-13-27-25;/h5-15,33H,16H2,1-4H3;1H. The zero-order valence-corrected chi connectivity index (χ0v) is 20.4. The number of hydrogen-bond donors (Lipinski definition) is 1. The molecule has 34 heavy (non-hydrogen) atoms. The summed E-state index contributed by atoms with van der Waals surface area (Å²) in [4.78, 5) is 6.34. The molecule has 0 fully saturated rings. The number of hydrogen-bond acceptors (Lipinski definition) is 7. The molecule has 0 amide bonds. The monoisotopic (exact) mass is 474 g/mol. The Morgan fingerprint density at radius 2 is 1.50 bits per heavy atom. The third-order valence-corrected chi connectivity index (χ3v) is 5.24. The summed E-state index contributed by atoms with van der Waals surface area (Å²) in [6.07, 6.45) is 1.66. The van der Waals surface area contributed by atoms with Crippen LogP contribution in [0.5, 0.6) is 5.75 Å². The van der Waals surface area contributed by atoms with Gasteiger partial charge >= 0.3 is 0 Å². The van der Waals surface area contributed by atoms with E-state index in [0.29, 0.717) is 17.7 Å². The van der Waals surface area contributed by atoms with Gasteiger partial charge in [0.2, 0.25) is 0 Å². The molecule has 0 atom stereocenters. The summed E-state index contributed by atoms with van der Waals surface area (Å²) in [6, 6.07) is 19.1. The summed E-state index contributed by atoms with van der Waals surface area (Å²) in [7, 11) is 3.90. The van der Waals surface area contributed by atoms with E-state index < -0.39 is 0 Å². The Balaban J connectivity index is 0.00000324. The van der Waals surface area contributed by atoms with Gasteiger partial charge in [-0.3, -0.25) is 4.98 Å². The highest BCUT2D eigenvalue weighted by molar-refractivity contribution is 5.94. The first-order valence-electron chi connectivity index (χ1n) is 10.7. The van der Waals surface area contributed by atoms with E-state index in [2.05, 4.69) is 25.4 Å². The Kier molecular flexibility index (Phi) is 8.04.